The summed E-state index contributed by atoms with van der Waals surface area (Å²) >= 11 is 0. The van der Waals surface area contributed by atoms with Crippen LogP contribution in [0.4, 0.5) is 0 Å². The molecule has 0 aliphatic heterocycles. The van der Waals surface area contributed by atoms with Gasteiger partial charge in [-0.1, -0.05) is 12.2 Å². The molecule has 1 N–H and O–H groups in total. The fourth-order valence-electron chi connectivity index (χ4n) is 2.25. The Bertz CT molecular complexity index is 273. The summed E-state index contributed by atoms with van der Waals surface area (Å²) in [6.07, 6.45) is 8.36. The molecule has 98 valence electrons. The maximum atomic E-state index is 5.78. The zero-order valence-corrected chi connectivity index (χ0v) is 11.4. The van der Waals surface area contributed by atoms with E-state index in [1.54, 1.807) is 0 Å². The highest BCUT2D eigenvalue weighted by Crippen LogP contribution is 2.27. The number of hydrogen-bond acceptors (Lipinski definition) is 3. The van der Waals surface area contributed by atoms with Crippen LogP contribution in [0.1, 0.15) is 33.6 Å². The molecule has 3 unspecified atom stereocenters. The molecule has 0 aromatic rings. The van der Waals surface area contributed by atoms with Crippen molar-refractivity contribution in [2.24, 2.45) is 5.92 Å². The third-order valence-corrected chi connectivity index (χ3v) is 3.08. The Morgan fingerprint density at radius 1 is 1.59 bits per heavy atom. The molecule has 3 atom stereocenters. The van der Waals surface area contributed by atoms with E-state index in [0.29, 0.717) is 18.6 Å². The molecule has 0 heterocycles. The van der Waals surface area contributed by atoms with Crippen LogP contribution in [-0.2, 0) is 9.47 Å². The van der Waals surface area contributed by atoms with Gasteiger partial charge in [-0.2, -0.15) is 0 Å². The molecule has 1 aliphatic rings. The van der Waals surface area contributed by atoms with Gasteiger partial charge < -0.3 is 14.8 Å². The van der Waals surface area contributed by atoms with Crippen molar-refractivity contribution in [2.75, 3.05) is 13.7 Å². The summed E-state index contributed by atoms with van der Waals surface area (Å²) in [6.45, 7) is 6.67. The van der Waals surface area contributed by atoms with Crippen LogP contribution in [0.25, 0.3) is 0 Å². The van der Waals surface area contributed by atoms with Crippen molar-refractivity contribution in [3.63, 3.8) is 0 Å². The number of rotatable bonds is 6. The van der Waals surface area contributed by atoms with Gasteiger partial charge in [-0.05, 0) is 46.2 Å². The Labute approximate surface area is 105 Å². The van der Waals surface area contributed by atoms with Gasteiger partial charge in [-0.3, -0.25) is 0 Å². The SMILES string of the molecule is C/C=C\C1CC(OC(C)OCC)=CCC1NC. The largest absolute Gasteiger partial charge is 0.470 e. The van der Waals surface area contributed by atoms with Crippen LogP contribution in [-0.4, -0.2) is 26.0 Å². The Kier molecular flexibility index (Phi) is 6.30. The molecule has 0 saturated heterocycles. The molecule has 0 aromatic heterocycles. The third kappa shape index (κ3) is 4.52. The highest BCUT2D eigenvalue weighted by atomic mass is 16.7. The van der Waals surface area contributed by atoms with Crippen molar-refractivity contribution >= 4 is 0 Å². The summed E-state index contributed by atoms with van der Waals surface area (Å²) < 4.78 is 11.2. The molecule has 0 amide bonds. The highest BCUT2D eigenvalue weighted by molar-refractivity contribution is 5.09. The van der Waals surface area contributed by atoms with Crippen molar-refractivity contribution in [1.29, 1.82) is 0 Å². The molecular formula is C14H25NO2. The normalized spacial score (nSPS) is 26.9. The smallest absolute Gasteiger partial charge is 0.196 e. The molecule has 0 saturated carbocycles. The molecule has 1 rings (SSSR count). The van der Waals surface area contributed by atoms with Gasteiger partial charge in [0.25, 0.3) is 0 Å². The van der Waals surface area contributed by atoms with Gasteiger partial charge >= 0.3 is 0 Å². The second kappa shape index (κ2) is 7.51. The minimum Gasteiger partial charge on any atom is -0.470 e. The second-order valence-corrected chi connectivity index (χ2v) is 4.34. The molecule has 3 nitrogen and oxygen atoms in total. The van der Waals surface area contributed by atoms with Crippen LogP contribution in [0.2, 0.25) is 0 Å². The topological polar surface area (TPSA) is 30.5 Å². The molecule has 3 heteroatoms. The van der Waals surface area contributed by atoms with Crippen molar-refractivity contribution in [3.05, 3.63) is 24.0 Å². The molecule has 0 radical (unpaired) electrons. The van der Waals surface area contributed by atoms with E-state index in [9.17, 15) is 0 Å². The molecule has 17 heavy (non-hydrogen) atoms. The van der Waals surface area contributed by atoms with Crippen LogP contribution >= 0.6 is 0 Å². The first-order chi connectivity index (χ1) is 8.21. The van der Waals surface area contributed by atoms with Crippen LogP contribution < -0.4 is 5.32 Å². The molecule has 0 bridgehead atoms. The summed E-state index contributed by atoms with van der Waals surface area (Å²) in [5.41, 5.74) is 0. The quantitative estimate of drug-likeness (QED) is 0.571. The summed E-state index contributed by atoms with van der Waals surface area (Å²) in [7, 11) is 2.02. The lowest BCUT2D eigenvalue weighted by atomic mass is 9.87. The predicted molar refractivity (Wildman–Crippen MR) is 70.6 cm³/mol. The number of allylic oxidation sites excluding steroid dienone is 2. The standard InChI is InChI=1S/C14H25NO2/c1-5-7-12-10-13(8-9-14(12)15-4)17-11(3)16-6-2/h5,7-8,11-12,14-15H,6,9-10H2,1-4H3/b7-5-. The van der Waals surface area contributed by atoms with E-state index >= 15 is 0 Å². The second-order valence-electron chi connectivity index (χ2n) is 4.34. The van der Waals surface area contributed by atoms with Gasteiger partial charge in [0.15, 0.2) is 6.29 Å². The zero-order chi connectivity index (χ0) is 12.7. The van der Waals surface area contributed by atoms with Gasteiger partial charge in [0.05, 0.1) is 5.76 Å². The molecule has 0 aromatic carbocycles. The third-order valence-electron chi connectivity index (χ3n) is 3.08. The average molecular weight is 239 g/mol. The summed E-state index contributed by atoms with van der Waals surface area (Å²) in [6, 6.07) is 0.515. The minimum atomic E-state index is -0.149. The van der Waals surface area contributed by atoms with Crippen LogP contribution in [0.5, 0.6) is 0 Å². The predicted octanol–water partition coefficient (Wildman–Crippen LogP) is 2.84. The van der Waals surface area contributed by atoms with Gasteiger partial charge in [-0.15, -0.1) is 0 Å². The first-order valence-corrected chi connectivity index (χ1v) is 6.48. The van der Waals surface area contributed by atoms with E-state index in [-0.39, 0.29) is 6.29 Å². The van der Waals surface area contributed by atoms with E-state index in [1.807, 2.05) is 20.9 Å². The fraction of sp³-hybridized carbons (Fsp3) is 0.714. The maximum Gasteiger partial charge on any atom is 0.196 e. The molecule has 0 spiro atoms. The number of ether oxygens (including phenoxy) is 2. The zero-order valence-electron chi connectivity index (χ0n) is 11.4. The highest BCUT2D eigenvalue weighted by Gasteiger charge is 2.24. The van der Waals surface area contributed by atoms with Crippen molar-refractivity contribution in [1.82, 2.24) is 5.32 Å². The number of nitrogens with one attached hydrogen (secondary N) is 1. The van der Waals surface area contributed by atoms with Crippen molar-refractivity contribution < 1.29 is 9.47 Å². The van der Waals surface area contributed by atoms with Gasteiger partial charge in [0, 0.05) is 19.1 Å². The van der Waals surface area contributed by atoms with E-state index in [0.717, 1.165) is 18.6 Å². The lowest BCUT2D eigenvalue weighted by Crippen LogP contribution is -2.35. The molecular weight excluding hydrogens is 214 g/mol. The van der Waals surface area contributed by atoms with E-state index in [2.05, 4.69) is 30.5 Å². The molecule has 0 fully saturated rings. The van der Waals surface area contributed by atoms with Crippen molar-refractivity contribution in [2.45, 2.75) is 45.9 Å². The van der Waals surface area contributed by atoms with E-state index in [1.165, 1.54) is 0 Å². The maximum absolute atomic E-state index is 5.78. The van der Waals surface area contributed by atoms with Crippen molar-refractivity contribution in [3.8, 4) is 0 Å². The average Bonchev–Trinajstić information content (AvgIpc) is 2.30. The van der Waals surface area contributed by atoms with Crippen LogP contribution in [0.15, 0.2) is 24.0 Å². The lowest BCUT2D eigenvalue weighted by Gasteiger charge is -2.30. The van der Waals surface area contributed by atoms with Gasteiger partial charge in [0.1, 0.15) is 0 Å². The van der Waals surface area contributed by atoms with E-state index < -0.39 is 0 Å². The van der Waals surface area contributed by atoms with Gasteiger partial charge in [-0.25, -0.2) is 0 Å². The Hall–Kier alpha value is -0.800. The number of hydrogen-bond donors (Lipinski definition) is 1. The Morgan fingerprint density at radius 3 is 2.94 bits per heavy atom. The first-order valence-electron chi connectivity index (χ1n) is 6.48. The lowest BCUT2D eigenvalue weighted by molar-refractivity contribution is -0.103. The van der Waals surface area contributed by atoms with Gasteiger partial charge in [0.2, 0.25) is 0 Å². The fourth-order valence-corrected chi connectivity index (χ4v) is 2.25. The van der Waals surface area contributed by atoms with Crippen LogP contribution in [0.3, 0.4) is 0 Å². The van der Waals surface area contributed by atoms with E-state index in [4.69, 9.17) is 9.47 Å². The monoisotopic (exact) mass is 239 g/mol. The summed E-state index contributed by atoms with van der Waals surface area (Å²) in [4.78, 5) is 0. The first kappa shape index (κ1) is 14.3. The molecule has 1 aliphatic carbocycles. The summed E-state index contributed by atoms with van der Waals surface area (Å²) in [5, 5.41) is 3.36. The van der Waals surface area contributed by atoms with Crippen LogP contribution in [0, 0.1) is 5.92 Å². The Balaban J connectivity index is 2.55. The minimum absolute atomic E-state index is 0.149. The Morgan fingerprint density at radius 2 is 2.35 bits per heavy atom. The summed E-state index contributed by atoms with van der Waals surface area (Å²) in [5.74, 6) is 1.57.